The Morgan fingerprint density at radius 1 is 1.10 bits per heavy atom. The van der Waals surface area contributed by atoms with E-state index in [1.54, 1.807) is 0 Å². The number of anilines is 1. The minimum Gasteiger partial charge on any atom is -0.385 e. The van der Waals surface area contributed by atoms with Gasteiger partial charge in [-0.1, -0.05) is 26.7 Å². The van der Waals surface area contributed by atoms with Crippen molar-refractivity contribution < 1.29 is 4.79 Å². The highest BCUT2D eigenvalue weighted by atomic mass is 16.2. The molecule has 21 heavy (non-hydrogen) atoms. The first kappa shape index (κ1) is 17.5. The molecule has 0 aliphatic carbocycles. The highest BCUT2D eigenvalue weighted by Crippen LogP contribution is 2.14. The summed E-state index contributed by atoms with van der Waals surface area (Å²) in [6.45, 7) is 10.3. The fourth-order valence-corrected chi connectivity index (χ4v) is 2.29. The molecule has 1 amide bonds. The molecule has 0 radical (unpaired) electrons. The van der Waals surface area contributed by atoms with E-state index in [2.05, 4.69) is 33.0 Å². The Labute approximate surface area is 129 Å². The number of nitrogens with zero attached hydrogens (tertiary/aromatic N) is 1. The van der Waals surface area contributed by atoms with Gasteiger partial charge in [0.25, 0.3) is 5.91 Å². The van der Waals surface area contributed by atoms with E-state index < -0.39 is 0 Å². The molecule has 0 bridgehead atoms. The van der Waals surface area contributed by atoms with Crippen molar-refractivity contribution in [2.24, 2.45) is 0 Å². The molecular formula is C18H30N2O. The van der Waals surface area contributed by atoms with Crippen LogP contribution in [0, 0.1) is 0 Å². The summed E-state index contributed by atoms with van der Waals surface area (Å²) in [5, 5.41) is 3.33. The number of hydrogen-bond donors (Lipinski definition) is 1. The number of carbonyl (C=O) groups is 1. The van der Waals surface area contributed by atoms with Crippen LogP contribution in [0.1, 0.15) is 63.7 Å². The number of nitrogens with one attached hydrogen (secondary N) is 1. The minimum atomic E-state index is 0.142. The molecule has 1 rings (SSSR count). The smallest absolute Gasteiger partial charge is 0.254 e. The Balaban J connectivity index is 2.69. The number of unbranched alkanes of at least 4 members (excludes halogenated alkanes) is 2. The fraction of sp³-hybridized carbons (Fsp3) is 0.611. The van der Waals surface area contributed by atoms with Crippen molar-refractivity contribution in [2.75, 3.05) is 18.4 Å². The predicted molar refractivity (Wildman–Crippen MR) is 90.9 cm³/mol. The third-order valence-corrected chi connectivity index (χ3v) is 3.60. The van der Waals surface area contributed by atoms with E-state index in [-0.39, 0.29) is 11.9 Å². The molecule has 1 aromatic carbocycles. The normalized spacial score (nSPS) is 10.7. The summed E-state index contributed by atoms with van der Waals surface area (Å²) in [5.74, 6) is 0.142. The Morgan fingerprint density at radius 2 is 1.76 bits per heavy atom. The van der Waals surface area contributed by atoms with Crippen molar-refractivity contribution in [2.45, 2.75) is 59.4 Å². The first-order chi connectivity index (χ1) is 10.1. The monoisotopic (exact) mass is 290 g/mol. The van der Waals surface area contributed by atoms with Gasteiger partial charge >= 0.3 is 0 Å². The van der Waals surface area contributed by atoms with Gasteiger partial charge in [-0.2, -0.15) is 0 Å². The Hall–Kier alpha value is -1.51. The molecular weight excluding hydrogens is 260 g/mol. The SMILES string of the molecule is CCCCCN(C(=O)c1ccc(NCCC)cc1)C(C)C. The van der Waals surface area contributed by atoms with Crippen molar-refractivity contribution in [1.82, 2.24) is 4.90 Å². The molecule has 0 spiro atoms. The molecule has 3 nitrogen and oxygen atoms in total. The first-order valence-electron chi connectivity index (χ1n) is 8.25. The minimum absolute atomic E-state index is 0.142. The molecule has 118 valence electrons. The Morgan fingerprint density at radius 3 is 2.29 bits per heavy atom. The van der Waals surface area contributed by atoms with Crippen molar-refractivity contribution in [3.8, 4) is 0 Å². The maximum atomic E-state index is 12.6. The van der Waals surface area contributed by atoms with Crippen molar-refractivity contribution in [1.29, 1.82) is 0 Å². The summed E-state index contributed by atoms with van der Waals surface area (Å²) < 4.78 is 0. The van der Waals surface area contributed by atoms with Gasteiger partial charge in [-0.3, -0.25) is 4.79 Å². The number of hydrogen-bond acceptors (Lipinski definition) is 2. The van der Waals surface area contributed by atoms with Gasteiger partial charge in [-0.25, -0.2) is 0 Å². The van der Waals surface area contributed by atoms with E-state index in [1.807, 2.05) is 29.2 Å². The van der Waals surface area contributed by atoms with Gasteiger partial charge in [0.15, 0.2) is 0 Å². The molecule has 0 aliphatic rings. The highest BCUT2D eigenvalue weighted by molar-refractivity contribution is 5.94. The van der Waals surface area contributed by atoms with Crippen LogP contribution >= 0.6 is 0 Å². The van der Waals surface area contributed by atoms with Gasteiger partial charge in [-0.15, -0.1) is 0 Å². The van der Waals surface area contributed by atoms with Crippen LogP contribution in [0.3, 0.4) is 0 Å². The predicted octanol–water partition coefficient (Wildman–Crippen LogP) is 4.55. The highest BCUT2D eigenvalue weighted by Gasteiger charge is 2.18. The lowest BCUT2D eigenvalue weighted by molar-refractivity contribution is 0.0702. The van der Waals surface area contributed by atoms with Gasteiger partial charge in [0.2, 0.25) is 0 Å². The summed E-state index contributed by atoms with van der Waals surface area (Å²) in [6.07, 6.45) is 4.53. The molecule has 3 heteroatoms. The summed E-state index contributed by atoms with van der Waals surface area (Å²) >= 11 is 0. The molecule has 1 aromatic rings. The molecule has 1 N–H and O–H groups in total. The lowest BCUT2D eigenvalue weighted by Gasteiger charge is -2.27. The molecule has 0 fully saturated rings. The van der Waals surface area contributed by atoms with E-state index in [9.17, 15) is 4.79 Å². The molecule has 0 atom stereocenters. The second-order valence-electron chi connectivity index (χ2n) is 5.80. The van der Waals surface area contributed by atoms with Crippen molar-refractivity contribution in [3.63, 3.8) is 0 Å². The average Bonchev–Trinajstić information content (AvgIpc) is 2.49. The van der Waals surface area contributed by atoms with Gasteiger partial charge in [0, 0.05) is 30.4 Å². The fourth-order valence-electron chi connectivity index (χ4n) is 2.29. The Bertz CT molecular complexity index is 412. The van der Waals surface area contributed by atoms with E-state index in [0.29, 0.717) is 0 Å². The zero-order valence-corrected chi connectivity index (χ0v) is 14.0. The second-order valence-corrected chi connectivity index (χ2v) is 5.80. The second kappa shape index (κ2) is 9.43. The lowest BCUT2D eigenvalue weighted by Crippen LogP contribution is -2.37. The van der Waals surface area contributed by atoms with Crippen LogP contribution in [0.5, 0.6) is 0 Å². The summed E-state index contributed by atoms with van der Waals surface area (Å²) in [6, 6.07) is 8.08. The quantitative estimate of drug-likeness (QED) is 0.677. The van der Waals surface area contributed by atoms with Crippen LogP contribution in [0.15, 0.2) is 24.3 Å². The molecule has 0 unspecified atom stereocenters. The van der Waals surface area contributed by atoms with Gasteiger partial charge in [-0.05, 0) is 51.0 Å². The van der Waals surface area contributed by atoms with E-state index in [4.69, 9.17) is 0 Å². The number of amides is 1. The third kappa shape index (κ3) is 5.78. The topological polar surface area (TPSA) is 32.3 Å². The van der Waals surface area contributed by atoms with Gasteiger partial charge < -0.3 is 10.2 Å². The van der Waals surface area contributed by atoms with Crippen LogP contribution in [0.4, 0.5) is 5.69 Å². The molecule has 0 heterocycles. The molecule has 0 saturated carbocycles. The standard InChI is InChI=1S/C18H30N2O/c1-5-7-8-14-20(15(3)4)18(21)16-9-11-17(12-10-16)19-13-6-2/h9-12,15,19H,5-8,13-14H2,1-4H3. The van der Waals surface area contributed by atoms with Crippen molar-refractivity contribution >= 4 is 11.6 Å². The lowest BCUT2D eigenvalue weighted by atomic mass is 10.1. The van der Waals surface area contributed by atoms with E-state index >= 15 is 0 Å². The molecule has 0 saturated heterocycles. The molecule has 0 aliphatic heterocycles. The van der Waals surface area contributed by atoms with Crippen LogP contribution in [-0.4, -0.2) is 29.9 Å². The third-order valence-electron chi connectivity index (χ3n) is 3.60. The summed E-state index contributed by atoms with van der Waals surface area (Å²) in [7, 11) is 0. The van der Waals surface area contributed by atoms with E-state index in [0.717, 1.165) is 37.2 Å². The van der Waals surface area contributed by atoms with Gasteiger partial charge in [0.1, 0.15) is 0 Å². The van der Waals surface area contributed by atoms with Crippen LogP contribution < -0.4 is 5.32 Å². The van der Waals surface area contributed by atoms with Crippen molar-refractivity contribution in [3.05, 3.63) is 29.8 Å². The largest absolute Gasteiger partial charge is 0.385 e. The number of carbonyl (C=O) groups excluding carboxylic acids is 1. The molecule has 0 aromatic heterocycles. The van der Waals surface area contributed by atoms with E-state index in [1.165, 1.54) is 12.8 Å². The number of rotatable bonds is 9. The van der Waals surface area contributed by atoms with Crippen LogP contribution in [0.25, 0.3) is 0 Å². The first-order valence-corrected chi connectivity index (χ1v) is 8.25. The van der Waals surface area contributed by atoms with Gasteiger partial charge in [0.05, 0.1) is 0 Å². The summed E-state index contributed by atoms with van der Waals surface area (Å²) in [5.41, 5.74) is 1.86. The zero-order valence-electron chi connectivity index (χ0n) is 14.0. The maximum absolute atomic E-state index is 12.6. The maximum Gasteiger partial charge on any atom is 0.254 e. The number of benzene rings is 1. The average molecular weight is 290 g/mol. The zero-order chi connectivity index (χ0) is 15.7. The van der Waals surface area contributed by atoms with Crippen LogP contribution in [0.2, 0.25) is 0 Å². The summed E-state index contributed by atoms with van der Waals surface area (Å²) in [4.78, 5) is 14.6. The Kier molecular flexibility index (Phi) is 7.88. The van der Waals surface area contributed by atoms with Crippen LogP contribution in [-0.2, 0) is 0 Å².